The molecule has 35 heavy (non-hydrogen) atoms. The van der Waals surface area contributed by atoms with Crippen molar-refractivity contribution in [2.24, 2.45) is 0 Å². The van der Waals surface area contributed by atoms with Gasteiger partial charge in [-0.25, -0.2) is 4.79 Å². The maximum atomic E-state index is 13.2. The Hall–Kier alpha value is -5.05. The number of aliphatic hydroxyl groups is 1. The van der Waals surface area contributed by atoms with Gasteiger partial charge in [-0.15, -0.1) is 0 Å². The number of carboxylic acids is 1. The lowest BCUT2D eigenvalue weighted by Gasteiger charge is -2.26. The topological polar surface area (TPSA) is 138 Å². The van der Waals surface area contributed by atoms with E-state index < -0.39 is 34.4 Å². The third-order valence-corrected chi connectivity index (χ3v) is 5.47. The van der Waals surface area contributed by atoms with Crippen LogP contribution in [0.4, 0.5) is 11.4 Å². The van der Waals surface area contributed by atoms with Crippen molar-refractivity contribution < 1.29 is 29.5 Å². The van der Waals surface area contributed by atoms with Gasteiger partial charge in [-0.2, -0.15) is 0 Å². The Bertz CT molecular complexity index is 1410. The minimum absolute atomic E-state index is 0.104. The molecule has 3 aromatic carbocycles. The number of aliphatic hydroxyl groups excluding tert-OH is 1. The van der Waals surface area contributed by atoms with Crippen LogP contribution in [0.3, 0.4) is 0 Å². The highest BCUT2D eigenvalue weighted by molar-refractivity contribution is 6.20. The van der Waals surface area contributed by atoms with Crippen LogP contribution in [0.1, 0.15) is 27.5 Å². The summed E-state index contributed by atoms with van der Waals surface area (Å²) >= 11 is 0. The summed E-state index contributed by atoms with van der Waals surface area (Å²) in [6.07, 6.45) is 2.72. The van der Waals surface area contributed by atoms with Crippen LogP contribution in [-0.4, -0.2) is 32.8 Å². The molecule has 1 heterocycles. The lowest BCUT2D eigenvalue weighted by atomic mass is 9.95. The molecule has 0 radical (unpaired) electrons. The van der Waals surface area contributed by atoms with E-state index >= 15 is 0 Å². The first kappa shape index (κ1) is 23.1. The molecule has 1 aliphatic rings. The van der Waals surface area contributed by atoms with Crippen LogP contribution >= 0.6 is 0 Å². The number of nitrogens with zero attached hydrogens (tertiary/aromatic N) is 2. The smallest absolute Gasteiger partial charge is 0.335 e. The van der Waals surface area contributed by atoms with Gasteiger partial charge in [0.05, 0.1) is 22.1 Å². The van der Waals surface area contributed by atoms with Crippen molar-refractivity contribution in [2.75, 3.05) is 4.90 Å². The van der Waals surface area contributed by atoms with Gasteiger partial charge in [0.2, 0.25) is 0 Å². The first-order valence-corrected chi connectivity index (χ1v) is 10.4. The van der Waals surface area contributed by atoms with Crippen LogP contribution in [0.15, 0.2) is 96.3 Å². The highest BCUT2D eigenvalue weighted by Crippen LogP contribution is 2.42. The van der Waals surface area contributed by atoms with Gasteiger partial charge >= 0.3 is 5.97 Å². The Balaban J connectivity index is 1.85. The second kappa shape index (κ2) is 9.44. The highest BCUT2D eigenvalue weighted by Gasteiger charge is 2.44. The number of non-ortho nitro benzene ring substituents is 1. The van der Waals surface area contributed by atoms with E-state index in [0.29, 0.717) is 5.56 Å². The number of ketones is 1. The number of anilines is 1. The van der Waals surface area contributed by atoms with Crippen molar-refractivity contribution in [3.8, 4) is 0 Å². The standard InChI is InChI=1S/C26H18N2O7/c29-21(13-12-16-6-2-1-3-7-16)22-23(17-8-4-11-20(14-17)28(34)35)27(25(31)24(22)30)19-10-5-9-18(15-19)26(32)33/h1-15,23,30H,(H,32,33). The van der Waals surface area contributed by atoms with Crippen LogP contribution < -0.4 is 4.90 Å². The lowest BCUT2D eigenvalue weighted by molar-refractivity contribution is -0.384. The molecule has 2 N–H and O–H groups in total. The molecule has 174 valence electrons. The fourth-order valence-corrected chi connectivity index (χ4v) is 3.86. The number of carboxylic acid groups (broad SMARTS) is 1. The van der Waals surface area contributed by atoms with Gasteiger partial charge in [-0.05, 0) is 35.4 Å². The second-order valence-corrected chi connectivity index (χ2v) is 7.66. The van der Waals surface area contributed by atoms with Gasteiger partial charge in [0.1, 0.15) is 0 Å². The number of amides is 1. The predicted octanol–water partition coefficient (Wildman–Crippen LogP) is 4.48. The summed E-state index contributed by atoms with van der Waals surface area (Å²) < 4.78 is 0. The molecule has 3 aromatic rings. The molecule has 0 saturated carbocycles. The Morgan fingerprint density at radius 1 is 0.971 bits per heavy atom. The van der Waals surface area contributed by atoms with Gasteiger partial charge in [0.25, 0.3) is 11.6 Å². The summed E-state index contributed by atoms with van der Waals surface area (Å²) in [6, 6.07) is 18.5. The van der Waals surface area contributed by atoms with E-state index in [-0.39, 0.29) is 28.1 Å². The number of rotatable bonds is 7. The Morgan fingerprint density at radius 3 is 2.37 bits per heavy atom. The number of allylic oxidation sites excluding steroid dienone is 1. The number of carbonyl (C=O) groups excluding carboxylic acids is 2. The normalized spacial score (nSPS) is 15.6. The number of nitro groups is 1. The van der Waals surface area contributed by atoms with Gasteiger partial charge in [0.15, 0.2) is 11.5 Å². The van der Waals surface area contributed by atoms with Crippen molar-refractivity contribution in [2.45, 2.75) is 6.04 Å². The Morgan fingerprint density at radius 2 is 1.69 bits per heavy atom. The monoisotopic (exact) mass is 470 g/mol. The highest BCUT2D eigenvalue weighted by atomic mass is 16.6. The molecular weight excluding hydrogens is 452 g/mol. The Labute approximate surface area is 199 Å². The SMILES string of the molecule is O=C(C=Cc1ccccc1)C1=C(O)C(=O)N(c2cccc(C(=O)O)c2)C1c1cccc([N+](=O)[O-])c1. The molecule has 0 aliphatic carbocycles. The fourth-order valence-electron chi connectivity index (χ4n) is 3.86. The van der Waals surface area contributed by atoms with E-state index in [1.54, 1.807) is 24.3 Å². The molecule has 9 heteroatoms. The first-order chi connectivity index (χ1) is 16.8. The average Bonchev–Trinajstić information content (AvgIpc) is 3.13. The van der Waals surface area contributed by atoms with Crippen LogP contribution in [0.2, 0.25) is 0 Å². The molecule has 9 nitrogen and oxygen atoms in total. The maximum absolute atomic E-state index is 13.2. The molecule has 1 atom stereocenters. The molecule has 1 amide bonds. The minimum atomic E-state index is -1.23. The fraction of sp³-hybridized carbons (Fsp3) is 0.0385. The predicted molar refractivity (Wildman–Crippen MR) is 127 cm³/mol. The molecule has 0 spiro atoms. The number of nitro benzene ring substituents is 1. The summed E-state index contributed by atoms with van der Waals surface area (Å²) in [5.74, 6) is -3.65. The molecule has 1 aliphatic heterocycles. The summed E-state index contributed by atoms with van der Waals surface area (Å²) in [5, 5.41) is 31.5. The zero-order valence-corrected chi connectivity index (χ0v) is 18.1. The van der Waals surface area contributed by atoms with Crippen molar-refractivity contribution in [1.29, 1.82) is 0 Å². The molecule has 4 rings (SSSR count). The molecule has 0 fully saturated rings. The molecular formula is C26H18N2O7. The summed E-state index contributed by atoms with van der Waals surface area (Å²) in [6.45, 7) is 0. The number of benzene rings is 3. The largest absolute Gasteiger partial charge is 0.503 e. The van der Waals surface area contributed by atoms with Crippen molar-refractivity contribution in [3.05, 3.63) is 123 Å². The summed E-state index contributed by atoms with van der Waals surface area (Å²) in [4.78, 5) is 49.6. The second-order valence-electron chi connectivity index (χ2n) is 7.66. The summed E-state index contributed by atoms with van der Waals surface area (Å²) in [5.41, 5.74) is 0.358. The number of aromatic carboxylic acids is 1. The Kier molecular flexibility index (Phi) is 6.23. The van der Waals surface area contributed by atoms with E-state index in [1.165, 1.54) is 60.7 Å². The van der Waals surface area contributed by atoms with E-state index in [1.807, 2.05) is 6.07 Å². The first-order valence-electron chi connectivity index (χ1n) is 10.4. The molecule has 0 bridgehead atoms. The van der Waals surface area contributed by atoms with Crippen molar-refractivity contribution >= 4 is 35.1 Å². The third kappa shape index (κ3) is 4.55. The van der Waals surface area contributed by atoms with Gasteiger partial charge in [-0.3, -0.25) is 24.6 Å². The maximum Gasteiger partial charge on any atom is 0.335 e. The van der Waals surface area contributed by atoms with Gasteiger partial charge < -0.3 is 10.2 Å². The van der Waals surface area contributed by atoms with E-state index in [2.05, 4.69) is 0 Å². The molecule has 0 aromatic heterocycles. The van der Waals surface area contributed by atoms with Crippen LogP contribution in [-0.2, 0) is 9.59 Å². The quantitative estimate of drug-likeness (QED) is 0.295. The lowest BCUT2D eigenvalue weighted by Crippen LogP contribution is -2.31. The molecule has 0 saturated heterocycles. The minimum Gasteiger partial charge on any atom is -0.503 e. The van der Waals surface area contributed by atoms with E-state index in [9.17, 15) is 34.7 Å². The van der Waals surface area contributed by atoms with E-state index in [4.69, 9.17) is 0 Å². The van der Waals surface area contributed by atoms with Crippen LogP contribution in [0.5, 0.6) is 0 Å². The number of hydrogen-bond donors (Lipinski definition) is 2. The van der Waals surface area contributed by atoms with Gasteiger partial charge in [0, 0.05) is 17.8 Å². The summed E-state index contributed by atoms with van der Waals surface area (Å²) in [7, 11) is 0. The van der Waals surface area contributed by atoms with Crippen LogP contribution in [0.25, 0.3) is 6.08 Å². The average molecular weight is 470 g/mol. The number of carbonyl (C=O) groups is 3. The zero-order valence-electron chi connectivity index (χ0n) is 18.1. The van der Waals surface area contributed by atoms with Crippen molar-refractivity contribution in [3.63, 3.8) is 0 Å². The zero-order chi connectivity index (χ0) is 25.1. The third-order valence-electron chi connectivity index (χ3n) is 5.47. The molecule has 1 unspecified atom stereocenters. The van der Waals surface area contributed by atoms with Crippen LogP contribution in [0, 0.1) is 10.1 Å². The van der Waals surface area contributed by atoms with Crippen molar-refractivity contribution in [1.82, 2.24) is 0 Å². The van der Waals surface area contributed by atoms with Gasteiger partial charge in [-0.1, -0.05) is 54.6 Å². The number of hydrogen-bond acceptors (Lipinski definition) is 6. The van der Waals surface area contributed by atoms with E-state index in [0.717, 1.165) is 4.90 Å².